The van der Waals surface area contributed by atoms with E-state index in [2.05, 4.69) is 15.3 Å². The average molecular weight is 575 g/mol. The number of hydrogen-bond acceptors (Lipinski definition) is 8. The first-order valence-electron chi connectivity index (χ1n) is 12.6. The smallest absolute Gasteiger partial charge is 0.337 e. The van der Waals surface area contributed by atoms with Crippen LogP contribution in [0.1, 0.15) is 35.1 Å². The van der Waals surface area contributed by atoms with Crippen LogP contribution in [0.5, 0.6) is 11.5 Å². The number of methoxy groups -OCH3 is 1. The first-order chi connectivity index (χ1) is 19.4. The molecule has 1 aromatic heterocycles. The van der Waals surface area contributed by atoms with E-state index in [4.69, 9.17) is 43.8 Å². The fourth-order valence-corrected chi connectivity index (χ4v) is 5.10. The van der Waals surface area contributed by atoms with Crippen LogP contribution in [0.4, 0.5) is 11.6 Å². The molecule has 3 aromatic carbocycles. The predicted molar refractivity (Wildman–Crippen MR) is 158 cm³/mol. The van der Waals surface area contributed by atoms with E-state index < -0.39 is 11.9 Å². The van der Waals surface area contributed by atoms with Crippen molar-refractivity contribution in [1.29, 1.82) is 0 Å². The van der Waals surface area contributed by atoms with Crippen LogP contribution in [0.2, 0.25) is 5.02 Å². The number of nitrogens with one attached hydrogen (secondary N) is 2. The Kier molecular flexibility index (Phi) is 8.04. The predicted octanol–water partition coefficient (Wildman–Crippen LogP) is 6.49. The molecule has 4 N–H and O–H groups in total. The van der Waals surface area contributed by atoms with Crippen molar-refractivity contribution in [2.75, 3.05) is 24.8 Å². The van der Waals surface area contributed by atoms with Gasteiger partial charge in [-0.25, -0.2) is 9.78 Å². The summed E-state index contributed by atoms with van der Waals surface area (Å²) in [5.41, 5.74) is 10.3. The van der Waals surface area contributed by atoms with Crippen LogP contribution in [0, 0.1) is 4.77 Å². The Bertz CT molecular complexity index is 1660. The van der Waals surface area contributed by atoms with Gasteiger partial charge in [0.2, 0.25) is 0 Å². The monoisotopic (exact) mass is 574 g/mol. The van der Waals surface area contributed by atoms with Crippen LogP contribution in [0.25, 0.3) is 5.70 Å². The number of anilines is 2. The maximum Gasteiger partial charge on any atom is 0.337 e. The number of hydrogen-bond donors (Lipinski definition) is 3. The van der Waals surface area contributed by atoms with E-state index in [1.807, 2.05) is 66.7 Å². The minimum atomic E-state index is -0.656. The molecule has 5 rings (SSSR count). The maximum atomic E-state index is 13.6. The first-order valence-corrected chi connectivity index (χ1v) is 13.4. The second-order valence-corrected chi connectivity index (χ2v) is 9.74. The Hall–Kier alpha value is -4.34. The summed E-state index contributed by atoms with van der Waals surface area (Å²) in [6, 6.07) is 22.5. The lowest BCUT2D eigenvalue weighted by Crippen LogP contribution is -2.27. The van der Waals surface area contributed by atoms with Gasteiger partial charge in [0.1, 0.15) is 18.2 Å². The Morgan fingerprint density at radius 1 is 1.07 bits per heavy atom. The molecule has 0 bridgehead atoms. The van der Waals surface area contributed by atoms with Gasteiger partial charge in [-0.3, -0.25) is 0 Å². The summed E-state index contributed by atoms with van der Waals surface area (Å²) in [6.45, 7) is 2.22. The number of rotatable bonds is 8. The molecule has 1 atom stereocenters. The van der Waals surface area contributed by atoms with Crippen molar-refractivity contribution >= 4 is 47.1 Å². The highest BCUT2D eigenvalue weighted by molar-refractivity contribution is 7.71. The zero-order valence-electron chi connectivity index (χ0n) is 21.9. The molecule has 0 spiro atoms. The van der Waals surface area contributed by atoms with Crippen LogP contribution in [-0.2, 0) is 16.1 Å². The normalized spacial score (nSPS) is 14.2. The van der Waals surface area contributed by atoms with Gasteiger partial charge in [0, 0.05) is 16.1 Å². The second-order valence-electron chi connectivity index (χ2n) is 8.94. The number of carbonyl (C=O) groups is 1. The summed E-state index contributed by atoms with van der Waals surface area (Å²) >= 11 is 11.6. The number of H-pyrrole nitrogens is 1. The Labute approximate surface area is 241 Å². The van der Waals surface area contributed by atoms with E-state index in [0.717, 1.165) is 16.7 Å². The standard InChI is InChI=1S/C30H27ClN4O4S/c1-3-38-29(36)24-23(18-13-14-21(22(15-18)37-2)39-16-19-11-7-8-12-20(19)31)25-27(32)34-30(40)35-28(25)33-26(24)17-9-5-4-6-10-17/h4-15,23H,3,16H2,1-2H3,(H4,32,33,34,35,40). The van der Waals surface area contributed by atoms with Crippen molar-refractivity contribution < 1.29 is 19.0 Å². The van der Waals surface area contributed by atoms with Crippen molar-refractivity contribution in [3.63, 3.8) is 0 Å². The molecular formula is C30H27ClN4O4S. The highest BCUT2D eigenvalue weighted by Gasteiger charge is 2.38. The largest absolute Gasteiger partial charge is 0.493 e. The van der Waals surface area contributed by atoms with E-state index in [1.165, 1.54) is 0 Å². The first kappa shape index (κ1) is 27.2. The third-order valence-electron chi connectivity index (χ3n) is 6.51. The molecule has 0 radical (unpaired) electrons. The van der Waals surface area contributed by atoms with Gasteiger partial charge in [0.25, 0.3) is 0 Å². The van der Waals surface area contributed by atoms with Crippen LogP contribution >= 0.6 is 23.8 Å². The number of aromatic amines is 1. The van der Waals surface area contributed by atoms with E-state index in [-0.39, 0.29) is 18.0 Å². The van der Waals surface area contributed by atoms with Crippen LogP contribution in [0.15, 0.2) is 78.4 Å². The molecule has 1 unspecified atom stereocenters. The van der Waals surface area contributed by atoms with Crippen LogP contribution in [-0.4, -0.2) is 29.7 Å². The Morgan fingerprint density at radius 3 is 2.55 bits per heavy atom. The Balaban J connectivity index is 1.66. The molecule has 1 aliphatic heterocycles. The molecule has 2 heterocycles. The van der Waals surface area contributed by atoms with Gasteiger partial charge in [-0.2, -0.15) is 0 Å². The molecule has 1 aliphatic rings. The maximum absolute atomic E-state index is 13.6. The zero-order chi connectivity index (χ0) is 28.2. The number of benzene rings is 3. The summed E-state index contributed by atoms with van der Waals surface area (Å²) in [5.74, 6) is 0.602. The van der Waals surface area contributed by atoms with Crippen molar-refractivity contribution in [1.82, 2.24) is 9.97 Å². The quantitative estimate of drug-likeness (QED) is 0.162. The van der Waals surface area contributed by atoms with Crippen molar-refractivity contribution in [3.05, 3.63) is 110 Å². The minimum absolute atomic E-state index is 0.201. The summed E-state index contributed by atoms with van der Waals surface area (Å²) in [7, 11) is 1.56. The lowest BCUT2D eigenvalue weighted by molar-refractivity contribution is -0.138. The Morgan fingerprint density at radius 2 is 1.82 bits per heavy atom. The molecular weight excluding hydrogens is 548 g/mol. The van der Waals surface area contributed by atoms with E-state index in [1.54, 1.807) is 20.1 Å². The van der Waals surface area contributed by atoms with Gasteiger partial charge in [0.15, 0.2) is 16.3 Å². The summed E-state index contributed by atoms with van der Waals surface area (Å²) in [5, 5.41) is 3.91. The molecule has 204 valence electrons. The highest BCUT2D eigenvalue weighted by atomic mass is 35.5. The fraction of sp³-hybridized carbons (Fsp3) is 0.167. The highest BCUT2D eigenvalue weighted by Crippen LogP contribution is 2.47. The molecule has 0 fully saturated rings. The van der Waals surface area contributed by atoms with E-state index in [0.29, 0.717) is 45.0 Å². The summed E-state index contributed by atoms with van der Waals surface area (Å²) in [6.07, 6.45) is 0. The second kappa shape index (κ2) is 11.8. The van der Waals surface area contributed by atoms with E-state index in [9.17, 15) is 4.79 Å². The molecule has 8 nitrogen and oxygen atoms in total. The van der Waals surface area contributed by atoms with Gasteiger partial charge in [-0.15, -0.1) is 0 Å². The number of nitrogens with two attached hydrogens (primary N) is 1. The van der Waals surface area contributed by atoms with Gasteiger partial charge in [-0.1, -0.05) is 66.2 Å². The molecule has 0 amide bonds. The van der Waals surface area contributed by atoms with Gasteiger partial charge in [-0.05, 0) is 48.5 Å². The van der Waals surface area contributed by atoms with Gasteiger partial charge < -0.3 is 30.2 Å². The molecule has 4 aromatic rings. The molecule has 0 saturated heterocycles. The number of carbonyl (C=O) groups excluding carboxylic acids is 1. The van der Waals surface area contributed by atoms with Crippen LogP contribution in [0.3, 0.4) is 0 Å². The molecule has 40 heavy (non-hydrogen) atoms. The number of aromatic nitrogens is 2. The zero-order valence-corrected chi connectivity index (χ0v) is 23.4. The fourth-order valence-electron chi connectivity index (χ4n) is 4.71. The molecule has 0 saturated carbocycles. The summed E-state index contributed by atoms with van der Waals surface area (Å²) < 4.78 is 17.5. The topological polar surface area (TPSA) is 111 Å². The van der Waals surface area contributed by atoms with Gasteiger partial charge >= 0.3 is 5.97 Å². The third kappa shape index (κ3) is 5.38. The minimum Gasteiger partial charge on any atom is -0.493 e. The van der Waals surface area contributed by atoms with Crippen molar-refractivity contribution in [3.8, 4) is 11.5 Å². The summed E-state index contributed by atoms with van der Waals surface area (Å²) in [4.78, 5) is 21.0. The molecule has 10 heteroatoms. The number of halogens is 1. The lowest BCUT2D eigenvalue weighted by atomic mass is 9.80. The number of nitrogen functional groups attached to an aromatic ring is 1. The van der Waals surface area contributed by atoms with Crippen molar-refractivity contribution in [2.45, 2.75) is 19.4 Å². The SMILES string of the molecule is CCOC(=O)C1=C(c2ccccc2)Nc2nc(=S)[nH]c(N)c2C1c1ccc(OCc2ccccc2Cl)c(OC)c1. The van der Waals surface area contributed by atoms with E-state index >= 15 is 0 Å². The molecule has 0 aliphatic carbocycles. The number of esters is 1. The number of ether oxygens (including phenoxy) is 3. The van der Waals surface area contributed by atoms with Crippen LogP contribution < -0.4 is 20.5 Å². The number of nitrogens with zero attached hydrogens (tertiary/aromatic N) is 1. The number of fused-ring (bicyclic) bond motifs is 1. The average Bonchev–Trinajstić information content (AvgIpc) is 2.96. The lowest BCUT2D eigenvalue weighted by Gasteiger charge is -2.31. The van der Waals surface area contributed by atoms with Crippen molar-refractivity contribution in [2.24, 2.45) is 0 Å². The van der Waals surface area contributed by atoms with Gasteiger partial charge in [0.05, 0.1) is 30.9 Å². The third-order valence-corrected chi connectivity index (χ3v) is 7.07.